The van der Waals surface area contributed by atoms with Gasteiger partial charge in [-0.2, -0.15) is 13.2 Å². The number of aromatic nitrogens is 1. The molecule has 1 aromatic carbocycles. The summed E-state index contributed by atoms with van der Waals surface area (Å²) in [4.78, 5) is 23.3. The number of ether oxygens (including phenoxy) is 1. The van der Waals surface area contributed by atoms with E-state index in [2.05, 4.69) is 4.74 Å². The summed E-state index contributed by atoms with van der Waals surface area (Å²) in [6, 6.07) is 7.47. The number of alkyl halides is 3. The summed E-state index contributed by atoms with van der Waals surface area (Å²) in [6.07, 6.45) is -3.35. The van der Waals surface area contributed by atoms with Crippen molar-refractivity contribution in [2.24, 2.45) is 0 Å². The number of rotatable bonds is 3. The van der Waals surface area contributed by atoms with Gasteiger partial charge in [-0.05, 0) is 24.3 Å². The van der Waals surface area contributed by atoms with Crippen molar-refractivity contribution in [3.05, 3.63) is 69.9 Å². The van der Waals surface area contributed by atoms with Crippen LogP contribution in [0.2, 0.25) is 0 Å². The van der Waals surface area contributed by atoms with Gasteiger partial charge in [0.15, 0.2) is 5.43 Å². The Balaban J connectivity index is 2.13. The first kappa shape index (κ1) is 16.8. The quantitative estimate of drug-likeness (QED) is 0.678. The first-order chi connectivity index (χ1) is 11.8. The fraction of sp³-hybridized carbons (Fsp3) is 0.176. The van der Waals surface area contributed by atoms with Crippen molar-refractivity contribution in [2.75, 3.05) is 7.11 Å². The molecular weight excluding hydrogens is 339 g/mol. The van der Waals surface area contributed by atoms with Crippen molar-refractivity contribution in [1.29, 1.82) is 0 Å². The molecule has 0 saturated heterocycles. The van der Waals surface area contributed by atoms with Crippen molar-refractivity contribution in [1.82, 2.24) is 4.57 Å². The average Bonchev–Trinajstić information content (AvgIpc) is 3.04. The molecule has 0 fully saturated rings. The maximum Gasteiger partial charge on any atom is 0.418 e. The van der Waals surface area contributed by atoms with Crippen LogP contribution in [-0.4, -0.2) is 17.6 Å². The van der Waals surface area contributed by atoms with Crippen LogP contribution in [0.25, 0.3) is 10.9 Å². The highest BCUT2D eigenvalue weighted by atomic mass is 19.4. The van der Waals surface area contributed by atoms with Crippen molar-refractivity contribution in [2.45, 2.75) is 12.7 Å². The van der Waals surface area contributed by atoms with Gasteiger partial charge >= 0.3 is 12.1 Å². The highest BCUT2D eigenvalue weighted by Crippen LogP contribution is 2.34. The first-order valence-corrected chi connectivity index (χ1v) is 7.17. The normalized spacial score (nSPS) is 11.7. The molecule has 2 heterocycles. The Morgan fingerprint density at radius 3 is 2.64 bits per heavy atom. The molecule has 0 aliphatic carbocycles. The number of carbonyl (C=O) groups excluding carboxylic acids is 1. The minimum absolute atomic E-state index is 0.0444. The van der Waals surface area contributed by atoms with Crippen LogP contribution in [0, 0.1) is 0 Å². The third-order valence-corrected chi connectivity index (χ3v) is 3.67. The van der Waals surface area contributed by atoms with E-state index in [0.29, 0.717) is 0 Å². The van der Waals surface area contributed by atoms with E-state index in [1.807, 2.05) is 0 Å². The number of esters is 1. The molecule has 0 amide bonds. The molecule has 25 heavy (non-hydrogen) atoms. The lowest BCUT2D eigenvalue weighted by atomic mass is 10.1. The number of hydrogen-bond acceptors (Lipinski definition) is 4. The smallest absolute Gasteiger partial charge is 0.418 e. The Bertz CT molecular complexity index is 1000. The molecule has 3 rings (SSSR count). The Morgan fingerprint density at radius 1 is 1.20 bits per heavy atom. The van der Waals surface area contributed by atoms with Gasteiger partial charge in [-0.1, -0.05) is 6.07 Å². The maximum atomic E-state index is 13.3. The van der Waals surface area contributed by atoms with Crippen LogP contribution >= 0.6 is 0 Å². The molecule has 130 valence electrons. The predicted molar refractivity (Wildman–Crippen MR) is 82.4 cm³/mol. The summed E-state index contributed by atoms with van der Waals surface area (Å²) >= 11 is 0. The van der Waals surface area contributed by atoms with E-state index in [1.165, 1.54) is 48.2 Å². The number of halogens is 3. The lowest BCUT2D eigenvalue weighted by Gasteiger charge is -2.15. The van der Waals surface area contributed by atoms with Crippen LogP contribution in [0.1, 0.15) is 21.9 Å². The second-order valence-corrected chi connectivity index (χ2v) is 5.26. The number of para-hydroxylation sites is 1. The van der Waals surface area contributed by atoms with E-state index in [9.17, 15) is 22.8 Å². The largest absolute Gasteiger partial charge is 0.463 e. The molecular formula is C17H12F3NO4. The van der Waals surface area contributed by atoms with Crippen LogP contribution in [0.3, 0.4) is 0 Å². The van der Waals surface area contributed by atoms with E-state index in [4.69, 9.17) is 4.42 Å². The SMILES string of the molecule is COC(=O)c1ccc(Cn2ccc(=O)c3cccc(C(F)(F)F)c32)o1. The topological polar surface area (TPSA) is 61.4 Å². The maximum absolute atomic E-state index is 13.3. The molecule has 0 radical (unpaired) electrons. The highest BCUT2D eigenvalue weighted by Gasteiger charge is 2.33. The van der Waals surface area contributed by atoms with Crippen LogP contribution in [0.5, 0.6) is 0 Å². The van der Waals surface area contributed by atoms with Gasteiger partial charge in [0, 0.05) is 17.6 Å². The number of pyridine rings is 1. The second kappa shape index (κ2) is 6.12. The van der Waals surface area contributed by atoms with Crippen LogP contribution < -0.4 is 5.43 Å². The number of methoxy groups -OCH3 is 1. The summed E-state index contributed by atoms with van der Waals surface area (Å²) in [6.45, 7) is -0.0825. The molecule has 0 spiro atoms. The predicted octanol–water partition coefficient (Wildman–Crippen LogP) is 3.45. The standard InChI is InChI=1S/C17H12F3NO4/c1-24-16(23)14-6-5-10(25-14)9-21-8-7-13(22)11-3-2-4-12(15(11)21)17(18,19)20/h2-8H,9H2,1H3. The third kappa shape index (κ3) is 3.15. The Morgan fingerprint density at radius 2 is 1.96 bits per heavy atom. The van der Waals surface area contributed by atoms with Crippen molar-refractivity contribution < 1.29 is 27.1 Å². The fourth-order valence-corrected chi connectivity index (χ4v) is 2.58. The highest BCUT2D eigenvalue weighted by molar-refractivity contribution is 5.86. The number of benzene rings is 1. The van der Waals surface area contributed by atoms with E-state index < -0.39 is 23.1 Å². The first-order valence-electron chi connectivity index (χ1n) is 7.17. The van der Waals surface area contributed by atoms with Gasteiger partial charge in [0.2, 0.25) is 5.76 Å². The fourth-order valence-electron chi connectivity index (χ4n) is 2.58. The average molecular weight is 351 g/mol. The lowest BCUT2D eigenvalue weighted by Crippen LogP contribution is -2.15. The molecule has 0 bridgehead atoms. The Labute approximate surface area is 139 Å². The number of nitrogens with zero attached hydrogens (tertiary/aromatic N) is 1. The lowest BCUT2D eigenvalue weighted by molar-refractivity contribution is -0.136. The van der Waals surface area contributed by atoms with Gasteiger partial charge in [-0.15, -0.1) is 0 Å². The monoisotopic (exact) mass is 351 g/mol. The molecule has 2 aromatic heterocycles. The summed E-state index contributed by atoms with van der Waals surface area (Å²) < 4.78 is 51.0. The van der Waals surface area contributed by atoms with Gasteiger partial charge in [0.05, 0.1) is 24.7 Å². The summed E-state index contributed by atoms with van der Waals surface area (Å²) in [7, 11) is 1.19. The van der Waals surface area contributed by atoms with Gasteiger partial charge in [-0.3, -0.25) is 4.79 Å². The molecule has 0 unspecified atom stereocenters. The summed E-state index contributed by atoms with van der Waals surface area (Å²) in [5, 5.41) is -0.0444. The Hall–Kier alpha value is -3.03. The molecule has 0 aliphatic rings. The van der Waals surface area contributed by atoms with Crippen LogP contribution in [0.15, 0.2) is 51.8 Å². The molecule has 0 atom stereocenters. The zero-order chi connectivity index (χ0) is 18.2. The number of hydrogen-bond donors (Lipinski definition) is 0. The minimum atomic E-state index is -4.62. The van der Waals surface area contributed by atoms with Crippen LogP contribution in [0.4, 0.5) is 13.2 Å². The van der Waals surface area contributed by atoms with Gasteiger partial charge < -0.3 is 13.7 Å². The summed E-state index contributed by atoms with van der Waals surface area (Å²) in [5.74, 6) is -0.492. The van der Waals surface area contributed by atoms with Gasteiger partial charge in [0.25, 0.3) is 0 Å². The van der Waals surface area contributed by atoms with E-state index >= 15 is 0 Å². The number of fused-ring (bicyclic) bond motifs is 1. The number of carbonyl (C=O) groups is 1. The van der Waals surface area contributed by atoms with E-state index in [-0.39, 0.29) is 29.0 Å². The minimum Gasteiger partial charge on any atom is -0.463 e. The zero-order valence-corrected chi connectivity index (χ0v) is 13.0. The van der Waals surface area contributed by atoms with Gasteiger partial charge in [0.1, 0.15) is 5.76 Å². The van der Waals surface area contributed by atoms with E-state index in [1.54, 1.807) is 0 Å². The molecule has 0 aliphatic heterocycles. The Kier molecular flexibility index (Phi) is 4.12. The van der Waals surface area contributed by atoms with Crippen molar-refractivity contribution >= 4 is 16.9 Å². The summed E-state index contributed by atoms with van der Waals surface area (Å²) in [5.41, 5.74) is -1.66. The molecule has 0 saturated carbocycles. The molecule has 5 nitrogen and oxygen atoms in total. The molecule has 0 N–H and O–H groups in total. The van der Waals surface area contributed by atoms with E-state index in [0.717, 1.165) is 6.07 Å². The van der Waals surface area contributed by atoms with Crippen molar-refractivity contribution in [3.8, 4) is 0 Å². The second-order valence-electron chi connectivity index (χ2n) is 5.26. The van der Waals surface area contributed by atoms with Gasteiger partial charge in [-0.25, -0.2) is 4.79 Å². The van der Waals surface area contributed by atoms with Crippen molar-refractivity contribution in [3.63, 3.8) is 0 Å². The molecule has 8 heteroatoms. The third-order valence-electron chi connectivity index (χ3n) is 3.67. The zero-order valence-electron chi connectivity index (χ0n) is 13.0. The molecule has 3 aromatic rings. The van der Waals surface area contributed by atoms with Crippen LogP contribution in [-0.2, 0) is 17.5 Å². The number of furan rings is 1.